The Morgan fingerprint density at radius 1 is 1.03 bits per heavy atom. The molecule has 1 aliphatic heterocycles. The third kappa shape index (κ3) is 4.28. The summed E-state index contributed by atoms with van der Waals surface area (Å²) < 4.78 is 6.10. The lowest BCUT2D eigenvalue weighted by Gasteiger charge is -2.21. The minimum Gasteiger partial charge on any atom is -0.460 e. The number of nitrogens with zero attached hydrogens (tertiary/aromatic N) is 2. The number of hydrogen-bond donors (Lipinski definition) is 1. The molecule has 4 aromatic rings. The van der Waals surface area contributed by atoms with Crippen LogP contribution in [0.3, 0.4) is 0 Å². The average molecular weight is 438 g/mol. The van der Waals surface area contributed by atoms with Gasteiger partial charge in [0.1, 0.15) is 11.3 Å². The lowest BCUT2D eigenvalue weighted by molar-refractivity contribution is 0.209. The third-order valence-electron chi connectivity index (χ3n) is 5.43. The molecule has 0 atom stereocenters. The topological polar surface area (TPSA) is 48.7 Å². The number of hydrogen-bond acceptors (Lipinski definition) is 5. The van der Waals surface area contributed by atoms with Gasteiger partial charge in [0, 0.05) is 31.6 Å². The molecule has 1 saturated heterocycles. The summed E-state index contributed by atoms with van der Waals surface area (Å²) in [6.07, 6.45) is 0.959. The molecule has 5 rings (SSSR count). The van der Waals surface area contributed by atoms with Crippen LogP contribution in [0.5, 0.6) is 0 Å². The first-order valence-electron chi connectivity index (χ1n) is 10.1. The second-order valence-corrected chi connectivity index (χ2v) is 9.23. The Bertz CT molecular complexity index is 1120. The van der Waals surface area contributed by atoms with Crippen molar-refractivity contribution in [2.75, 3.05) is 31.5 Å². The van der Waals surface area contributed by atoms with E-state index in [0.29, 0.717) is 0 Å². The van der Waals surface area contributed by atoms with Crippen LogP contribution in [0.25, 0.3) is 22.1 Å². The lowest BCUT2D eigenvalue weighted by atomic mass is 10.1. The highest BCUT2D eigenvalue weighted by molar-refractivity contribution is 7.14. The number of amides is 2. The summed E-state index contributed by atoms with van der Waals surface area (Å²) in [5.74, 6) is 0.976. The fourth-order valence-electron chi connectivity index (χ4n) is 3.87. The monoisotopic (exact) mass is 437 g/mol. The predicted octanol–water partition coefficient (Wildman–Crippen LogP) is 5.96. The Morgan fingerprint density at radius 3 is 2.83 bits per heavy atom. The first-order valence-corrected chi connectivity index (χ1v) is 11.9. The molecule has 4 heterocycles. The van der Waals surface area contributed by atoms with E-state index in [-0.39, 0.29) is 6.03 Å². The summed E-state index contributed by atoms with van der Waals surface area (Å²) in [7, 11) is 0. The van der Waals surface area contributed by atoms with Crippen molar-refractivity contribution in [3.05, 3.63) is 64.4 Å². The van der Waals surface area contributed by atoms with Gasteiger partial charge in [-0.1, -0.05) is 6.07 Å². The van der Waals surface area contributed by atoms with Gasteiger partial charge in [-0.05, 0) is 70.1 Å². The summed E-state index contributed by atoms with van der Waals surface area (Å²) >= 11 is 3.26. The lowest BCUT2D eigenvalue weighted by Crippen LogP contribution is -2.37. The molecule has 1 N–H and O–H groups in total. The van der Waals surface area contributed by atoms with Gasteiger partial charge < -0.3 is 9.32 Å². The Labute approximate surface area is 183 Å². The van der Waals surface area contributed by atoms with Gasteiger partial charge in [0.15, 0.2) is 0 Å². The van der Waals surface area contributed by atoms with Crippen molar-refractivity contribution in [1.29, 1.82) is 0 Å². The number of rotatable bonds is 4. The first kappa shape index (κ1) is 19.4. The third-order valence-corrected chi connectivity index (χ3v) is 6.90. The molecular weight excluding hydrogens is 414 g/mol. The summed E-state index contributed by atoms with van der Waals surface area (Å²) in [5.41, 5.74) is 3.40. The molecule has 154 valence electrons. The van der Waals surface area contributed by atoms with E-state index in [1.54, 1.807) is 22.7 Å². The van der Waals surface area contributed by atoms with E-state index in [1.807, 2.05) is 22.4 Å². The van der Waals surface area contributed by atoms with Gasteiger partial charge in [0.05, 0.1) is 11.5 Å². The highest BCUT2D eigenvalue weighted by Gasteiger charge is 2.20. The molecule has 1 fully saturated rings. The molecule has 1 aliphatic rings. The van der Waals surface area contributed by atoms with Crippen LogP contribution in [0, 0.1) is 0 Å². The largest absolute Gasteiger partial charge is 0.460 e. The normalized spacial score (nSPS) is 15.4. The van der Waals surface area contributed by atoms with Crippen molar-refractivity contribution in [2.45, 2.75) is 13.0 Å². The van der Waals surface area contributed by atoms with Gasteiger partial charge >= 0.3 is 6.03 Å². The first-order chi connectivity index (χ1) is 14.7. The molecule has 0 aliphatic carbocycles. The molecule has 0 saturated carbocycles. The molecule has 3 aromatic heterocycles. The molecular formula is C23H23N3O2S2. The Hall–Kier alpha value is -2.61. The summed E-state index contributed by atoms with van der Waals surface area (Å²) in [5, 5.41) is 11.3. The van der Waals surface area contributed by atoms with Gasteiger partial charge in [0.25, 0.3) is 0 Å². The number of fused-ring (bicyclic) bond motifs is 1. The van der Waals surface area contributed by atoms with Crippen LogP contribution in [0.1, 0.15) is 12.2 Å². The quantitative estimate of drug-likeness (QED) is 0.428. The van der Waals surface area contributed by atoms with E-state index in [2.05, 4.69) is 51.3 Å². The van der Waals surface area contributed by atoms with E-state index in [1.165, 1.54) is 11.1 Å². The van der Waals surface area contributed by atoms with Crippen molar-refractivity contribution in [3.63, 3.8) is 0 Å². The van der Waals surface area contributed by atoms with Crippen molar-refractivity contribution in [1.82, 2.24) is 9.80 Å². The number of urea groups is 1. The molecule has 0 spiro atoms. The predicted molar refractivity (Wildman–Crippen MR) is 124 cm³/mol. The zero-order valence-electron chi connectivity index (χ0n) is 16.5. The molecule has 1 aromatic carbocycles. The number of furan rings is 1. The maximum atomic E-state index is 12.5. The Kier molecular flexibility index (Phi) is 5.57. The van der Waals surface area contributed by atoms with E-state index < -0.39 is 0 Å². The van der Waals surface area contributed by atoms with Crippen LogP contribution < -0.4 is 5.32 Å². The number of anilines is 1. The van der Waals surface area contributed by atoms with Gasteiger partial charge in [-0.25, -0.2) is 4.79 Å². The van der Waals surface area contributed by atoms with Crippen LogP contribution in [0.15, 0.2) is 63.0 Å². The SMILES string of the molecule is O=C(Nc1cccs1)N1CCCN(Cc2cc3cc(-c4ccsc4)ccc3o2)CC1. The van der Waals surface area contributed by atoms with E-state index in [9.17, 15) is 4.79 Å². The number of thiophene rings is 2. The van der Waals surface area contributed by atoms with Crippen LogP contribution in [0.2, 0.25) is 0 Å². The van der Waals surface area contributed by atoms with Gasteiger partial charge in [0.2, 0.25) is 0 Å². The van der Waals surface area contributed by atoms with Gasteiger partial charge in [-0.15, -0.1) is 11.3 Å². The highest BCUT2D eigenvalue weighted by Crippen LogP contribution is 2.28. The second-order valence-electron chi connectivity index (χ2n) is 7.50. The standard InChI is InChI=1S/C23H23N3O2S2/c27-23(24-22-3-1-11-30-22)26-8-2-7-25(9-10-26)15-20-14-19-13-17(4-5-21(19)28-20)18-6-12-29-16-18/h1,3-6,11-14,16H,2,7-10,15H2,(H,24,27). The molecule has 0 unspecified atom stereocenters. The minimum absolute atomic E-state index is 0.0102. The molecule has 5 nitrogen and oxygen atoms in total. The van der Waals surface area contributed by atoms with Crippen LogP contribution in [-0.4, -0.2) is 42.0 Å². The van der Waals surface area contributed by atoms with Crippen LogP contribution in [-0.2, 0) is 6.54 Å². The average Bonchev–Trinajstić information content (AvgIpc) is 3.48. The summed E-state index contributed by atoms with van der Waals surface area (Å²) in [4.78, 5) is 16.8. The molecule has 0 bridgehead atoms. The fourth-order valence-corrected chi connectivity index (χ4v) is 5.14. The van der Waals surface area contributed by atoms with Crippen molar-refractivity contribution in [3.8, 4) is 11.1 Å². The zero-order chi connectivity index (χ0) is 20.3. The van der Waals surface area contributed by atoms with E-state index in [4.69, 9.17) is 4.42 Å². The smallest absolute Gasteiger partial charge is 0.322 e. The van der Waals surface area contributed by atoms with E-state index in [0.717, 1.165) is 60.9 Å². The maximum absolute atomic E-state index is 12.5. The Morgan fingerprint density at radius 2 is 2.00 bits per heavy atom. The second kappa shape index (κ2) is 8.63. The number of carbonyl (C=O) groups excluding carboxylic acids is 1. The molecule has 2 amide bonds. The van der Waals surface area contributed by atoms with Gasteiger partial charge in [-0.2, -0.15) is 11.3 Å². The summed E-state index contributed by atoms with van der Waals surface area (Å²) in [6, 6.07) is 14.5. The van der Waals surface area contributed by atoms with Crippen LogP contribution >= 0.6 is 22.7 Å². The number of carbonyl (C=O) groups is 1. The Balaban J connectivity index is 1.22. The highest BCUT2D eigenvalue weighted by atomic mass is 32.1. The molecule has 7 heteroatoms. The minimum atomic E-state index is -0.0102. The van der Waals surface area contributed by atoms with Crippen molar-refractivity contribution < 1.29 is 9.21 Å². The maximum Gasteiger partial charge on any atom is 0.322 e. The number of nitrogens with one attached hydrogen (secondary N) is 1. The van der Waals surface area contributed by atoms with Crippen LogP contribution in [0.4, 0.5) is 9.80 Å². The van der Waals surface area contributed by atoms with Crippen molar-refractivity contribution in [2.24, 2.45) is 0 Å². The van der Waals surface area contributed by atoms with Crippen molar-refractivity contribution >= 4 is 44.7 Å². The number of benzene rings is 1. The molecule has 0 radical (unpaired) electrons. The summed E-state index contributed by atoms with van der Waals surface area (Å²) in [6.45, 7) is 4.06. The fraction of sp³-hybridized carbons (Fsp3) is 0.261. The van der Waals surface area contributed by atoms with Gasteiger partial charge in [-0.3, -0.25) is 10.2 Å². The molecule has 30 heavy (non-hydrogen) atoms. The zero-order valence-corrected chi connectivity index (χ0v) is 18.2. The van der Waals surface area contributed by atoms with E-state index >= 15 is 0 Å².